The molecule has 13 rings (SSSR count). The average Bonchev–Trinajstić information content (AvgIpc) is 3.99. The maximum Gasteiger partial charge on any atom is 0.337 e. The van der Waals surface area contributed by atoms with E-state index in [2.05, 4.69) is 149 Å². The molecule has 4 atom stereocenters. The minimum Gasteiger partial charge on any atom is -0.465 e. The lowest BCUT2D eigenvalue weighted by molar-refractivity contribution is 0.0592. The van der Waals surface area contributed by atoms with Crippen molar-refractivity contribution < 1.29 is 19.1 Å². The Morgan fingerprint density at radius 3 is 1.23 bits per heavy atom. The molecule has 0 bridgehead atoms. The minimum absolute atomic E-state index is 0.00741. The molecule has 9 aromatic rings. The van der Waals surface area contributed by atoms with Gasteiger partial charge in [0.1, 0.15) is 0 Å². The number of carbonyl (C=O) groups is 2. The Morgan fingerprint density at radius 1 is 0.437 bits per heavy atom. The monoisotopic (exact) mass is 942 g/mol. The third-order valence-electron chi connectivity index (χ3n) is 16.1. The van der Waals surface area contributed by atoms with E-state index in [1.165, 1.54) is 69.9 Å². The van der Waals surface area contributed by atoms with Crippen molar-refractivity contribution in [3.8, 4) is 44.5 Å². The van der Waals surface area contributed by atoms with Crippen LogP contribution in [0, 0.1) is 0 Å². The fourth-order valence-corrected chi connectivity index (χ4v) is 14.2. The summed E-state index contributed by atoms with van der Waals surface area (Å²) in [5.41, 5.74) is 18.1. The summed E-state index contributed by atoms with van der Waals surface area (Å²) in [7, 11) is 2.80. The first kappa shape index (κ1) is 43.4. The van der Waals surface area contributed by atoms with Gasteiger partial charge in [0, 0.05) is 21.6 Å². The van der Waals surface area contributed by atoms with Crippen molar-refractivity contribution in [1.82, 2.24) is 0 Å². The van der Waals surface area contributed by atoms with E-state index in [1.54, 1.807) is 0 Å². The molecule has 0 saturated carbocycles. The summed E-state index contributed by atoms with van der Waals surface area (Å²) in [6.45, 7) is 9.44. The molecule has 71 heavy (non-hydrogen) atoms. The van der Waals surface area contributed by atoms with Crippen molar-refractivity contribution in [1.29, 1.82) is 0 Å². The number of methoxy groups -OCH3 is 2. The van der Waals surface area contributed by atoms with Crippen LogP contribution in [0.1, 0.15) is 92.3 Å². The maximum atomic E-state index is 12.4. The van der Waals surface area contributed by atoms with Crippen molar-refractivity contribution in [3.05, 3.63) is 225 Å². The van der Waals surface area contributed by atoms with E-state index in [-0.39, 0.29) is 45.4 Å². The molecule has 9 aromatic carbocycles. The summed E-state index contributed by atoms with van der Waals surface area (Å²) in [6.07, 6.45) is 0. The van der Waals surface area contributed by atoms with E-state index in [0.717, 1.165) is 54.5 Å². The van der Waals surface area contributed by atoms with E-state index in [4.69, 9.17) is 19.5 Å². The normalized spacial score (nSPS) is 19.4. The van der Waals surface area contributed by atoms with Gasteiger partial charge in [0.15, 0.2) is 0 Å². The van der Waals surface area contributed by atoms with Crippen LogP contribution in [0.4, 0.5) is 0 Å². The summed E-state index contributed by atoms with van der Waals surface area (Å²) in [5.74, 6) is -0.736. The van der Waals surface area contributed by atoms with Crippen LogP contribution in [0.3, 0.4) is 0 Å². The smallest absolute Gasteiger partial charge is 0.337 e. The fraction of sp³-hybridized carbons (Fsp3) is 0.188. The average molecular weight is 943 g/mol. The number of hydrogen-bond acceptors (Lipinski definition) is 7. The summed E-state index contributed by atoms with van der Waals surface area (Å²) in [4.78, 5) is 37.0. The summed E-state index contributed by atoms with van der Waals surface area (Å²) in [6, 6.07) is 60.0. The van der Waals surface area contributed by atoms with Gasteiger partial charge in [-0.25, -0.2) is 9.59 Å². The zero-order valence-corrected chi connectivity index (χ0v) is 41.2. The Kier molecular flexibility index (Phi) is 9.76. The van der Waals surface area contributed by atoms with Crippen LogP contribution in [0.25, 0.3) is 66.1 Å². The number of esters is 2. The second-order valence-electron chi connectivity index (χ2n) is 20.5. The van der Waals surface area contributed by atoms with Gasteiger partial charge < -0.3 is 9.47 Å². The van der Waals surface area contributed by atoms with Crippen LogP contribution in [0.15, 0.2) is 180 Å². The van der Waals surface area contributed by atoms with Crippen LogP contribution in [-0.2, 0) is 20.3 Å². The summed E-state index contributed by atoms with van der Waals surface area (Å²) < 4.78 is 10.0. The topological polar surface area (TPSA) is 77.3 Å². The molecular weight excluding hydrogens is 893 g/mol. The quantitative estimate of drug-likeness (QED) is 0.123. The third kappa shape index (κ3) is 6.41. The Labute approximate surface area is 417 Å². The number of nitrogens with zero attached hydrogens (tertiary/aromatic N) is 2. The molecule has 4 unspecified atom stereocenters. The highest BCUT2D eigenvalue weighted by atomic mass is 32.2. The molecule has 0 N–H and O–H groups in total. The van der Waals surface area contributed by atoms with Crippen molar-refractivity contribution in [2.45, 2.75) is 61.1 Å². The largest absolute Gasteiger partial charge is 0.465 e. The molecular formula is C64H50N2O4S. The van der Waals surface area contributed by atoms with Crippen molar-refractivity contribution in [3.63, 3.8) is 0 Å². The highest BCUT2D eigenvalue weighted by Crippen LogP contribution is 2.62. The van der Waals surface area contributed by atoms with Gasteiger partial charge in [0.25, 0.3) is 0 Å². The lowest BCUT2D eigenvalue weighted by Crippen LogP contribution is -2.40. The summed E-state index contributed by atoms with van der Waals surface area (Å²) >= 11 is 2.04. The predicted molar refractivity (Wildman–Crippen MR) is 286 cm³/mol. The van der Waals surface area contributed by atoms with Gasteiger partial charge in [-0.15, -0.1) is 11.8 Å². The molecule has 2 heterocycles. The van der Waals surface area contributed by atoms with Gasteiger partial charge in [0.05, 0.1) is 58.6 Å². The number of hydrogen-bond donors (Lipinski definition) is 0. The van der Waals surface area contributed by atoms with Gasteiger partial charge in [-0.2, -0.15) is 0 Å². The van der Waals surface area contributed by atoms with Crippen molar-refractivity contribution in [2.24, 2.45) is 9.98 Å². The number of benzene rings is 9. The van der Waals surface area contributed by atoms with E-state index in [0.29, 0.717) is 11.1 Å². The van der Waals surface area contributed by atoms with Crippen LogP contribution in [-0.4, -0.2) is 38.2 Å². The molecule has 1 fully saturated rings. The summed E-state index contributed by atoms with van der Waals surface area (Å²) in [5, 5.41) is 6.05. The van der Waals surface area contributed by atoms with E-state index in [1.807, 2.05) is 60.3 Å². The zero-order chi connectivity index (χ0) is 48.5. The minimum atomic E-state index is -0.368. The first-order chi connectivity index (χ1) is 34.5. The number of rotatable bonds is 6. The van der Waals surface area contributed by atoms with Crippen LogP contribution >= 0.6 is 11.8 Å². The number of thioether (sulfide) groups is 1. The lowest BCUT2D eigenvalue weighted by atomic mass is 9.81. The van der Waals surface area contributed by atoms with E-state index >= 15 is 0 Å². The lowest BCUT2D eigenvalue weighted by Gasteiger charge is -2.26. The highest BCUT2D eigenvalue weighted by molar-refractivity contribution is 8.00. The molecule has 346 valence electrons. The molecule has 7 heteroatoms. The number of carbonyl (C=O) groups excluding carboxylic acids is 2. The van der Waals surface area contributed by atoms with Gasteiger partial charge in [-0.05, 0) is 125 Å². The maximum absolute atomic E-state index is 12.4. The molecule has 6 nitrogen and oxygen atoms in total. The fourth-order valence-electron chi connectivity index (χ4n) is 12.5. The van der Waals surface area contributed by atoms with Crippen molar-refractivity contribution >= 4 is 45.2 Å². The van der Waals surface area contributed by atoms with Crippen LogP contribution in [0.5, 0.6) is 0 Å². The predicted octanol–water partition coefficient (Wildman–Crippen LogP) is 13.7. The Bertz CT molecular complexity index is 3640. The van der Waals surface area contributed by atoms with E-state index in [9.17, 15) is 9.59 Å². The SMILES string of the molecule is COC(=O)c1ccc(-c2ccc3c4c(c5ccc(-c6ccc(C(=O)OC)cc6)cc5c3c2)=NC2C(c3cccc5c3-c3ccccc3C5(C)C)SC(c3cccc5c3-c3ccccc3C5(C)C)C2N=4)cc1. The molecule has 2 aliphatic carbocycles. The molecule has 0 amide bonds. The molecule has 0 aromatic heterocycles. The number of fused-ring (bicyclic) bond motifs is 13. The molecule has 0 radical (unpaired) electrons. The van der Waals surface area contributed by atoms with E-state index < -0.39 is 0 Å². The standard InChI is InChI=1S/C64H50N2O4S/c1-63(2)49-17-9-7-13-43(49)53-45(15-11-19-51(53)63)59-57-58(60(71-59)46-16-12-20-52-54(46)44-14-8-10-18-50(44)64(52,3)4)66-56-42-32-30-40(36-23-27-38(28-24-36)62(68)70-6)34-48(42)47-33-39(29-31-41(47)55(56)65-57)35-21-25-37(26-22-35)61(67)69-5/h7-34,57-60H,1-6H3. The second-order valence-corrected chi connectivity index (χ2v) is 21.7. The Hall–Kier alpha value is -7.61. The first-order valence-electron chi connectivity index (χ1n) is 24.4. The first-order valence-corrected chi connectivity index (χ1v) is 25.3. The Balaban J connectivity index is 1.07. The van der Waals surface area contributed by atoms with Gasteiger partial charge in [-0.1, -0.05) is 161 Å². The van der Waals surface area contributed by atoms with Crippen molar-refractivity contribution in [2.75, 3.05) is 14.2 Å². The Morgan fingerprint density at radius 2 is 0.817 bits per heavy atom. The number of ether oxygens (including phenoxy) is 2. The molecule has 4 aliphatic rings. The molecule has 2 aliphatic heterocycles. The second kappa shape index (κ2) is 16.0. The zero-order valence-electron chi connectivity index (χ0n) is 40.4. The molecule has 0 spiro atoms. The van der Waals surface area contributed by atoms with Gasteiger partial charge in [-0.3, -0.25) is 9.98 Å². The van der Waals surface area contributed by atoms with Gasteiger partial charge in [0.2, 0.25) is 0 Å². The molecule has 1 saturated heterocycles. The highest BCUT2D eigenvalue weighted by Gasteiger charge is 2.50. The van der Waals surface area contributed by atoms with Crippen LogP contribution < -0.4 is 10.7 Å². The third-order valence-corrected chi connectivity index (χ3v) is 17.7. The van der Waals surface area contributed by atoms with Crippen LogP contribution in [0.2, 0.25) is 0 Å². The van der Waals surface area contributed by atoms with Gasteiger partial charge >= 0.3 is 11.9 Å².